The van der Waals surface area contributed by atoms with E-state index in [-0.39, 0.29) is 0 Å². The SMILES string of the molecule is c1ccc(-c2c3ccccc3c(-c3ccc4c(c3)oc3ccc(-c5c6ccccc6c(-c6ccc7oc8ccc9ccccc9c8c7c6)c6ccccc56)cc34)c3ccccc23)cc1. The average molecular weight is 813 g/mol. The topological polar surface area (TPSA) is 26.3 Å². The highest BCUT2D eigenvalue weighted by molar-refractivity contribution is 6.25. The molecule has 0 atom stereocenters. The van der Waals surface area contributed by atoms with Gasteiger partial charge in [-0.2, -0.15) is 0 Å². The Kier molecular flexibility index (Phi) is 7.43. The molecule has 0 aliphatic rings. The van der Waals surface area contributed by atoms with E-state index in [1.165, 1.54) is 87.2 Å². The van der Waals surface area contributed by atoms with Gasteiger partial charge in [-0.25, -0.2) is 0 Å². The summed E-state index contributed by atoms with van der Waals surface area (Å²) in [5.41, 5.74) is 13.2. The number of fused-ring (bicyclic) bond motifs is 12. The lowest BCUT2D eigenvalue weighted by Crippen LogP contribution is -1.91. The third kappa shape index (κ3) is 5.08. The zero-order chi connectivity index (χ0) is 41.9. The molecule has 0 amide bonds. The second-order valence-corrected chi connectivity index (χ2v) is 17.0. The van der Waals surface area contributed by atoms with Gasteiger partial charge in [0.2, 0.25) is 0 Å². The lowest BCUT2D eigenvalue weighted by molar-refractivity contribution is 0.669. The fourth-order valence-corrected chi connectivity index (χ4v) is 10.9. The Morgan fingerprint density at radius 3 is 1.14 bits per heavy atom. The van der Waals surface area contributed by atoms with Crippen LogP contribution in [0.3, 0.4) is 0 Å². The molecule has 12 aromatic carbocycles. The number of rotatable bonds is 4. The molecule has 0 unspecified atom stereocenters. The van der Waals surface area contributed by atoms with Crippen molar-refractivity contribution >= 4 is 97.7 Å². The zero-order valence-electron chi connectivity index (χ0n) is 34.6. The Morgan fingerprint density at radius 1 is 0.203 bits per heavy atom. The number of benzene rings is 12. The van der Waals surface area contributed by atoms with Crippen molar-refractivity contribution in [2.24, 2.45) is 0 Å². The molecule has 64 heavy (non-hydrogen) atoms. The van der Waals surface area contributed by atoms with E-state index in [4.69, 9.17) is 8.83 Å². The van der Waals surface area contributed by atoms with Gasteiger partial charge in [-0.1, -0.05) is 176 Å². The van der Waals surface area contributed by atoms with Crippen molar-refractivity contribution in [3.63, 3.8) is 0 Å². The quantitative estimate of drug-likeness (QED) is 0.166. The summed E-state index contributed by atoms with van der Waals surface area (Å²) in [6.45, 7) is 0. The molecule has 14 rings (SSSR count). The Morgan fingerprint density at radius 2 is 0.594 bits per heavy atom. The Bertz CT molecular complexity index is 4130. The van der Waals surface area contributed by atoms with Crippen molar-refractivity contribution in [1.29, 1.82) is 0 Å². The van der Waals surface area contributed by atoms with Gasteiger partial charge in [0.15, 0.2) is 0 Å². The van der Waals surface area contributed by atoms with E-state index in [0.717, 1.165) is 55.0 Å². The summed E-state index contributed by atoms with van der Waals surface area (Å²) < 4.78 is 13.2. The maximum atomic E-state index is 6.75. The van der Waals surface area contributed by atoms with Gasteiger partial charge < -0.3 is 8.83 Å². The highest BCUT2D eigenvalue weighted by Crippen LogP contribution is 2.48. The van der Waals surface area contributed by atoms with Gasteiger partial charge in [0.25, 0.3) is 0 Å². The van der Waals surface area contributed by atoms with Gasteiger partial charge in [0.1, 0.15) is 22.3 Å². The monoisotopic (exact) mass is 812 g/mol. The van der Waals surface area contributed by atoms with E-state index in [9.17, 15) is 0 Å². The molecular formula is C62H36O2. The van der Waals surface area contributed by atoms with Crippen LogP contribution in [0.4, 0.5) is 0 Å². The van der Waals surface area contributed by atoms with Crippen molar-refractivity contribution in [3.05, 3.63) is 218 Å². The van der Waals surface area contributed by atoms with Crippen LogP contribution < -0.4 is 0 Å². The predicted octanol–water partition coefficient (Wildman–Crippen LogP) is 17.9. The Labute approximate surface area is 367 Å². The van der Waals surface area contributed by atoms with Crippen LogP contribution in [0.15, 0.2) is 227 Å². The van der Waals surface area contributed by atoms with Gasteiger partial charge in [0.05, 0.1) is 0 Å². The first-order valence-corrected chi connectivity index (χ1v) is 22.0. The fraction of sp³-hybridized carbons (Fsp3) is 0. The van der Waals surface area contributed by atoms with Crippen molar-refractivity contribution in [2.75, 3.05) is 0 Å². The molecule has 296 valence electrons. The smallest absolute Gasteiger partial charge is 0.136 e. The lowest BCUT2D eigenvalue weighted by Gasteiger charge is -2.18. The number of hydrogen-bond donors (Lipinski definition) is 0. The standard InChI is InChI=1S/C62H36O2/c1-2-15-38(16-3-1)58-44-18-6-8-20-46(44)61(47-21-9-7-19-45(47)58)41-26-30-43-52-34-39(28-31-54(52)64-57(43)36-41)59-48-22-10-12-24-50(48)60(51-25-13-11-23-49(51)59)40-29-32-55-53(35-40)62-42-17-5-4-14-37(42)27-33-56(62)63-55/h1-36H. The normalized spacial score (nSPS) is 12.1. The summed E-state index contributed by atoms with van der Waals surface area (Å²) in [7, 11) is 0. The van der Waals surface area contributed by atoms with Gasteiger partial charge in [-0.3, -0.25) is 0 Å². The van der Waals surface area contributed by atoms with Crippen LogP contribution in [-0.2, 0) is 0 Å². The molecule has 2 heterocycles. The third-order valence-corrected chi connectivity index (χ3v) is 13.6. The van der Waals surface area contributed by atoms with E-state index in [1.807, 2.05) is 0 Å². The minimum absolute atomic E-state index is 0.878. The first kappa shape index (κ1) is 35.2. The molecule has 2 nitrogen and oxygen atoms in total. The molecule has 0 spiro atoms. The van der Waals surface area contributed by atoms with E-state index in [0.29, 0.717) is 0 Å². The molecule has 2 heteroatoms. The minimum atomic E-state index is 0.878. The summed E-state index contributed by atoms with van der Waals surface area (Å²) in [6, 6.07) is 79.2. The van der Waals surface area contributed by atoms with E-state index in [1.54, 1.807) is 0 Å². The number of hydrogen-bond acceptors (Lipinski definition) is 2. The van der Waals surface area contributed by atoms with E-state index < -0.39 is 0 Å². The molecule has 0 radical (unpaired) electrons. The van der Waals surface area contributed by atoms with Gasteiger partial charge >= 0.3 is 0 Å². The van der Waals surface area contributed by atoms with Crippen LogP contribution in [0.2, 0.25) is 0 Å². The second-order valence-electron chi connectivity index (χ2n) is 17.0. The van der Waals surface area contributed by atoms with Crippen molar-refractivity contribution in [1.82, 2.24) is 0 Å². The highest BCUT2D eigenvalue weighted by Gasteiger charge is 2.21. The van der Waals surface area contributed by atoms with Crippen LogP contribution in [-0.4, -0.2) is 0 Å². The molecule has 0 N–H and O–H groups in total. The molecule has 2 aromatic heterocycles. The summed E-state index contributed by atoms with van der Waals surface area (Å²) in [4.78, 5) is 0. The van der Waals surface area contributed by atoms with Crippen LogP contribution >= 0.6 is 0 Å². The minimum Gasteiger partial charge on any atom is -0.456 e. The molecule has 0 aliphatic carbocycles. The maximum absolute atomic E-state index is 6.75. The fourth-order valence-electron chi connectivity index (χ4n) is 10.9. The molecule has 0 fully saturated rings. The maximum Gasteiger partial charge on any atom is 0.136 e. The van der Waals surface area contributed by atoms with Crippen molar-refractivity contribution in [2.45, 2.75) is 0 Å². The zero-order valence-corrected chi connectivity index (χ0v) is 34.6. The third-order valence-electron chi connectivity index (χ3n) is 13.6. The van der Waals surface area contributed by atoms with Crippen LogP contribution in [0.5, 0.6) is 0 Å². The Balaban J connectivity index is 0.953. The first-order chi connectivity index (χ1) is 31.7. The number of furan rings is 2. The lowest BCUT2D eigenvalue weighted by atomic mass is 9.85. The average Bonchev–Trinajstić information content (AvgIpc) is 3.92. The Hall–Kier alpha value is -8.46. The van der Waals surface area contributed by atoms with Crippen molar-refractivity contribution in [3.8, 4) is 44.5 Å². The van der Waals surface area contributed by atoms with Crippen LogP contribution in [0.1, 0.15) is 0 Å². The van der Waals surface area contributed by atoms with E-state index in [2.05, 4.69) is 218 Å². The summed E-state index contributed by atoms with van der Waals surface area (Å²) in [5.74, 6) is 0. The largest absolute Gasteiger partial charge is 0.456 e. The molecule has 0 saturated carbocycles. The molecule has 14 aromatic rings. The summed E-state index contributed by atoms with van der Waals surface area (Å²) >= 11 is 0. The molecular weight excluding hydrogens is 777 g/mol. The first-order valence-electron chi connectivity index (χ1n) is 22.0. The summed E-state index contributed by atoms with van der Waals surface area (Å²) in [5, 5.41) is 16.7. The highest BCUT2D eigenvalue weighted by atomic mass is 16.3. The van der Waals surface area contributed by atoms with E-state index >= 15 is 0 Å². The van der Waals surface area contributed by atoms with Crippen LogP contribution in [0, 0.1) is 0 Å². The predicted molar refractivity (Wildman–Crippen MR) is 270 cm³/mol. The second kappa shape index (κ2) is 13.5. The van der Waals surface area contributed by atoms with Crippen molar-refractivity contribution < 1.29 is 8.83 Å². The molecule has 0 aliphatic heterocycles. The van der Waals surface area contributed by atoms with Gasteiger partial charge in [-0.15, -0.1) is 0 Å². The summed E-state index contributed by atoms with van der Waals surface area (Å²) in [6.07, 6.45) is 0. The van der Waals surface area contributed by atoms with Gasteiger partial charge in [0, 0.05) is 21.5 Å². The van der Waals surface area contributed by atoms with Gasteiger partial charge in [-0.05, 0) is 141 Å². The molecule has 0 saturated heterocycles. The molecule has 0 bridgehead atoms. The van der Waals surface area contributed by atoms with Crippen LogP contribution in [0.25, 0.3) is 142 Å².